The molecule has 0 bridgehead atoms. The van der Waals surface area contributed by atoms with Crippen LogP contribution in [0, 0.1) is 6.92 Å². The van der Waals surface area contributed by atoms with Gasteiger partial charge in [0.25, 0.3) is 0 Å². The summed E-state index contributed by atoms with van der Waals surface area (Å²) in [6.07, 6.45) is 5.02. The molecular weight excluding hydrogens is 246 g/mol. The first-order valence-corrected chi connectivity index (χ1v) is 7.32. The van der Waals surface area contributed by atoms with Gasteiger partial charge in [0, 0.05) is 17.1 Å². The Morgan fingerprint density at radius 3 is 2.94 bits per heavy atom. The van der Waals surface area contributed by atoms with Gasteiger partial charge in [-0.25, -0.2) is 4.98 Å². The van der Waals surface area contributed by atoms with E-state index in [0.29, 0.717) is 12.6 Å². The predicted octanol–water partition coefficient (Wildman–Crippen LogP) is 1.94. The molecule has 1 saturated heterocycles. The Morgan fingerprint density at radius 1 is 1.56 bits per heavy atom. The molecule has 4 nitrogen and oxygen atoms in total. The minimum absolute atomic E-state index is 0.0241. The van der Waals surface area contributed by atoms with E-state index in [0.717, 1.165) is 24.3 Å². The Balaban J connectivity index is 2.13. The second kappa shape index (κ2) is 5.80. The molecule has 2 atom stereocenters. The van der Waals surface area contributed by atoms with Gasteiger partial charge in [0.05, 0.1) is 17.6 Å². The molecule has 1 N–H and O–H groups in total. The zero-order chi connectivity index (χ0) is 13.1. The maximum absolute atomic E-state index is 12.4. The molecule has 1 aromatic rings. The molecule has 0 radical (unpaired) electrons. The largest absolute Gasteiger partial charge is 0.333 e. The van der Waals surface area contributed by atoms with Crippen LogP contribution in [0.1, 0.15) is 36.1 Å². The summed E-state index contributed by atoms with van der Waals surface area (Å²) in [5, 5.41) is 4.19. The molecule has 100 valence electrons. The van der Waals surface area contributed by atoms with E-state index in [4.69, 9.17) is 0 Å². The summed E-state index contributed by atoms with van der Waals surface area (Å²) in [6.45, 7) is 4.84. The Bertz CT molecular complexity index is 418. The molecule has 0 aliphatic carbocycles. The lowest BCUT2D eigenvalue weighted by atomic mass is 10.1. The number of likely N-dealkylation sites (N-methyl/N-ethyl adjacent to an activating group) is 1. The predicted molar refractivity (Wildman–Crippen MR) is 73.6 cm³/mol. The minimum atomic E-state index is -0.0241. The number of carbonyl (C=O) groups excluding carboxylic acids is 1. The van der Waals surface area contributed by atoms with Crippen molar-refractivity contribution >= 4 is 17.2 Å². The zero-order valence-corrected chi connectivity index (χ0v) is 12.1. The van der Waals surface area contributed by atoms with E-state index in [9.17, 15) is 4.79 Å². The fourth-order valence-corrected chi connectivity index (χ4v) is 3.26. The summed E-state index contributed by atoms with van der Waals surface area (Å²) in [4.78, 5) is 19.9. The first-order valence-electron chi connectivity index (χ1n) is 6.51. The van der Waals surface area contributed by atoms with Crippen LogP contribution in [0.4, 0.5) is 0 Å². The molecule has 2 rings (SSSR count). The minimum Gasteiger partial charge on any atom is -0.333 e. The van der Waals surface area contributed by atoms with E-state index in [2.05, 4.69) is 17.2 Å². The number of hydrogen-bond donors (Lipinski definition) is 1. The second-order valence-electron chi connectivity index (χ2n) is 4.93. The van der Waals surface area contributed by atoms with Crippen molar-refractivity contribution in [1.82, 2.24) is 15.2 Å². The SMILES string of the molecule is CNC1CCCC(C)N(Cc2cnc(C)s2)C1=O. The molecule has 0 saturated carbocycles. The van der Waals surface area contributed by atoms with Crippen molar-refractivity contribution in [3.05, 3.63) is 16.1 Å². The lowest BCUT2D eigenvalue weighted by Gasteiger charge is -2.28. The average Bonchev–Trinajstić information content (AvgIpc) is 2.70. The van der Waals surface area contributed by atoms with Crippen LogP contribution in [0.25, 0.3) is 0 Å². The summed E-state index contributed by atoms with van der Waals surface area (Å²) in [6, 6.07) is 0.294. The molecule has 18 heavy (non-hydrogen) atoms. The summed E-state index contributed by atoms with van der Waals surface area (Å²) in [5.74, 6) is 0.230. The molecule has 1 amide bonds. The first-order chi connectivity index (χ1) is 8.61. The van der Waals surface area contributed by atoms with Crippen molar-refractivity contribution in [3.63, 3.8) is 0 Å². The highest BCUT2D eigenvalue weighted by Gasteiger charge is 2.30. The van der Waals surface area contributed by atoms with Gasteiger partial charge < -0.3 is 10.2 Å². The van der Waals surface area contributed by atoms with Gasteiger partial charge in [-0.1, -0.05) is 0 Å². The van der Waals surface area contributed by atoms with Gasteiger partial charge in [-0.05, 0) is 40.2 Å². The zero-order valence-electron chi connectivity index (χ0n) is 11.3. The number of nitrogens with zero attached hydrogens (tertiary/aromatic N) is 2. The van der Waals surface area contributed by atoms with Crippen LogP contribution in [0.2, 0.25) is 0 Å². The van der Waals surface area contributed by atoms with Gasteiger partial charge in [0.2, 0.25) is 5.91 Å². The third-order valence-corrected chi connectivity index (χ3v) is 4.47. The topological polar surface area (TPSA) is 45.2 Å². The van der Waals surface area contributed by atoms with Crippen molar-refractivity contribution in [2.24, 2.45) is 0 Å². The highest BCUT2D eigenvalue weighted by Crippen LogP contribution is 2.22. The van der Waals surface area contributed by atoms with E-state index in [1.165, 1.54) is 4.88 Å². The summed E-state index contributed by atoms with van der Waals surface area (Å²) >= 11 is 1.68. The highest BCUT2D eigenvalue weighted by atomic mass is 32.1. The molecule has 5 heteroatoms. The number of aromatic nitrogens is 1. The number of rotatable bonds is 3. The van der Waals surface area contributed by atoms with Crippen LogP contribution in [-0.2, 0) is 11.3 Å². The molecule has 0 aromatic carbocycles. The van der Waals surface area contributed by atoms with E-state index in [-0.39, 0.29) is 11.9 Å². The van der Waals surface area contributed by atoms with Crippen molar-refractivity contribution in [2.75, 3.05) is 7.05 Å². The average molecular weight is 267 g/mol. The summed E-state index contributed by atoms with van der Waals surface area (Å²) in [7, 11) is 1.87. The van der Waals surface area contributed by atoms with Crippen molar-refractivity contribution in [1.29, 1.82) is 0 Å². The van der Waals surface area contributed by atoms with Gasteiger partial charge in [-0.15, -0.1) is 11.3 Å². The maximum Gasteiger partial charge on any atom is 0.240 e. The number of likely N-dealkylation sites (tertiary alicyclic amines) is 1. The third-order valence-electron chi connectivity index (χ3n) is 3.57. The normalized spacial score (nSPS) is 25.3. The van der Waals surface area contributed by atoms with Crippen molar-refractivity contribution in [3.8, 4) is 0 Å². The van der Waals surface area contributed by atoms with Crippen LogP contribution in [0.5, 0.6) is 0 Å². The molecule has 2 heterocycles. The second-order valence-corrected chi connectivity index (χ2v) is 6.25. The number of thiazole rings is 1. The standard InChI is InChI=1S/C13H21N3OS/c1-9-5-4-6-12(14-3)13(17)16(9)8-11-7-15-10(2)18-11/h7,9,12,14H,4-6,8H2,1-3H3. The van der Waals surface area contributed by atoms with Crippen LogP contribution < -0.4 is 5.32 Å². The molecule has 1 aliphatic heterocycles. The first kappa shape index (κ1) is 13.5. The van der Waals surface area contributed by atoms with E-state index < -0.39 is 0 Å². The number of carbonyl (C=O) groups is 1. The number of nitrogens with one attached hydrogen (secondary N) is 1. The van der Waals surface area contributed by atoms with E-state index in [1.807, 2.05) is 25.1 Å². The fourth-order valence-electron chi connectivity index (χ4n) is 2.46. The Morgan fingerprint density at radius 2 is 2.33 bits per heavy atom. The summed E-state index contributed by atoms with van der Waals surface area (Å²) in [5.41, 5.74) is 0. The highest BCUT2D eigenvalue weighted by molar-refractivity contribution is 7.11. The van der Waals surface area contributed by atoms with Gasteiger partial charge in [0.1, 0.15) is 0 Å². The van der Waals surface area contributed by atoms with Crippen LogP contribution in [0.15, 0.2) is 6.20 Å². The number of hydrogen-bond acceptors (Lipinski definition) is 4. The van der Waals surface area contributed by atoms with Crippen LogP contribution in [0.3, 0.4) is 0 Å². The molecule has 2 unspecified atom stereocenters. The molecule has 1 aliphatic rings. The van der Waals surface area contributed by atoms with Crippen LogP contribution >= 0.6 is 11.3 Å². The number of aryl methyl sites for hydroxylation is 1. The van der Waals surface area contributed by atoms with Gasteiger partial charge >= 0.3 is 0 Å². The lowest BCUT2D eigenvalue weighted by molar-refractivity contribution is -0.135. The van der Waals surface area contributed by atoms with Crippen molar-refractivity contribution < 1.29 is 4.79 Å². The maximum atomic E-state index is 12.4. The van der Waals surface area contributed by atoms with Gasteiger partial charge in [-0.3, -0.25) is 4.79 Å². The van der Waals surface area contributed by atoms with E-state index >= 15 is 0 Å². The number of amides is 1. The fraction of sp³-hybridized carbons (Fsp3) is 0.692. The Kier molecular flexibility index (Phi) is 4.35. The van der Waals surface area contributed by atoms with E-state index in [1.54, 1.807) is 11.3 Å². The molecular formula is C13H21N3OS. The lowest BCUT2D eigenvalue weighted by Crippen LogP contribution is -2.46. The molecule has 0 spiro atoms. The molecule has 1 aromatic heterocycles. The Labute approximate surface area is 112 Å². The van der Waals surface area contributed by atoms with Gasteiger partial charge in [-0.2, -0.15) is 0 Å². The third kappa shape index (κ3) is 2.90. The quantitative estimate of drug-likeness (QED) is 0.910. The van der Waals surface area contributed by atoms with Crippen molar-refractivity contribution in [2.45, 2.75) is 51.7 Å². The monoisotopic (exact) mass is 267 g/mol. The Hall–Kier alpha value is -0.940. The summed E-state index contributed by atoms with van der Waals surface area (Å²) < 4.78 is 0. The van der Waals surface area contributed by atoms with Gasteiger partial charge in [0.15, 0.2) is 0 Å². The van der Waals surface area contributed by atoms with Crippen LogP contribution in [-0.4, -0.2) is 34.9 Å². The smallest absolute Gasteiger partial charge is 0.240 e. The molecule has 1 fully saturated rings.